The molecular formula is C26H25N3O3. The van der Waals surface area contributed by atoms with Crippen LogP contribution in [0.15, 0.2) is 77.2 Å². The van der Waals surface area contributed by atoms with Crippen LogP contribution in [0.4, 0.5) is 0 Å². The molecule has 4 rings (SSSR count). The van der Waals surface area contributed by atoms with Crippen molar-refractivity contribution in [3.8, 4) is 28.7 Å². The molecule has 1 heterocycles. The minimum Gasteiger partial charge on any atom is -0.494 e. The van der Waals surface area contributed by atoms with E-state index < -0.39 is 0 Å². The lowest BCUT2D eigenvalue weighted by Gasteiger charge is -2.17. The van der Waals surface area contributed by atoms with Gasteiger partial charge < -0.3 is 14.1 Å². The second kappa shape index (κ2) is 9.47. The lowest BCUT2D eigenvalue weighted by Crippen LogP contribution is -2.26. The van der Waals surface area contributed by atoms with Crippen molar-refractivity contribution < 1.29 is 13.9 Å². The van der Waals surface area contributed by atoms with Gasteiger partial charge in [0.25, 0.3) is 5.91 Å². The van der Waals surface area contributed by atoms with Gasteiger partial charge in [0.1, 0.15) is 5.75 Å². The third-order valence-corrected chi connectivity index (χ3v) is 5.18. The van der Waals surface area contributed by atoms with Gasteiger partial charge in [-0.15, -0.1) is 10.2 Å². The first-order valence-electron chi connectivity index (χ1n) is 10.5. The number of hydrogen-bond acceptors (Lipinski definition) is 5. The number of hydrogen-bond donors (Lipinski definition) is 0. The van der Waals surface area contributed by atoms with Crippen LogP contribution in [-0.4, -0.2) is 34.7 Å². The lowest BCUT2D eigenvalue weighted by atomic mass is 10.1. The zero-order valence-corrected chi connectivity index (χ0v) is 18.4. The van der Waals surface area contributed by atoms with E-state index in [4.69, 9.17) is 9.15 Å². The molecule has 0 saturated carbocycles. The minimum absolute atomic E-state index is 0.0587. The fourth-order valence-corrected chi connectivity index (χ4v) is 3.44. The molecule has 0 saturated heterocycles. The molecule has 1 aromatic heterocycles. The third kappa shape index (κ3) is 4.70. The van der Waals surface area contributed by atoms with Gasteiger partial charge in [0.05, 0.1) is 6.61 Å². The van der Waals surface area contributed by atoms with Crippen molar-refractivity contribution in [2.75, 3.05) is 13.7 Å². The van der Waals surface area contributed by atoms with E-state index in [2.05, 4.69) is 10.2 Å². The van der Waals surface area contributed by atoms with Crippen LogP contribution in [0.5, 0.6) is 5.75 Å². The summed E-state index contributed by atoms with van der Waals surface area (Å²) in [4.78, 5) is 14.5. The molecule has 1 amide bonds. The summed E-state index contributed by atoms with van der Waals surface area (Å²) in [5.41, 5.74) is 4.38. The van der Waals surface area contributed by atoms with Gasteiger partial charge in [0, 0.05) is 30.3 Å². The van der Waals surface area contributed by atoms with E-state index in [9.17, 15) is 4.79 Å². The highest BCUT2D eigenvalue weighted by Gasteiger charge is 2.15. The number of rotatable bonds is 7. The lowest BCUT2D eigenvalue weighted by molar-refractivity contribution is 0.0785. The van der Waals surface area contributed by atoms with E-state index in [0.717, 1.165) is 28.0 Å². The zero-order valence-electron chi connectivity index (χ0n) is 18.4. The van der Waals surface area contributed by atoms with E-state index in [1.165, 1.54) is 0 Å². The molecule has 0 N–H and O–H groups in total. The van der Waals surface area contributed by atoms with Gasteiger partial charge in [-0.25, -0.2) is 0 Å². The Morgan fingerprint density at radius 1 is 0.938 bits per heavy atom. The van der Waals surface area contributed by atoms with Crippen LogP contribution in [0.25, 0.3) is 22.9 Å². The number of amides is 1. The molecule has 6 heteroatoms. The first kappa shape index (κ1) is 21.3. The van der Waals surface area contributed by atoms with E-state index in [-0.39, 0.29) is 5.91 Å². The maximum absolute atomic E-state index is 12.8. The number of carbonyl (C=O) groups is 1. The van der Waals surface area contributed by atoms with Crippen LogP contribution in [0.3, 0.4) is 0 Å². The molecule has 0 spiro atoms. The van der Waals surface area contributed by atoms with Crippen molar-refractivity contribution in [3.05, 3.63) is 89.5 Å². The molecule has 32 heavy (non-hydrogen) atoms. The van der Waals surface area contributed by atoms with Gasteiger partial charge in [-0.05, 0) is 67.4 Å². The molecular weight excluding hydrogens is 402 g/mol. The predicted molar refractivity (Wildman–Crippen MR) is 123 cm³/mol. The third-order valence-electron chi connectivity index (χ3n) is 5.18. The topological polar surface area (TPSA) is 68.5 Å². The molecule has 0 bridgehead atoms. The van der Waals surface area contributed by atoms with Crippen LogP contribution in [0.2, 0.25) is 0 Å². The van der Waals surface area contributed by atoms with E-state index in [0.29, 0.717) is 30.5 Å². The highest BCUT2D eigenvalue weighted by atomic mass is 16.5. The Balaban J connectivity index is 1.44. The van der Waals surface area contributed by atoms with Crippen LogP contribution >= 0.6 is 0 Å². The standard InChI is InChI=1S/C26H25N3O3/c1-4-31-22-15-9-19(10-16-22)17-29(3)26(30)21-13-11-20(12-14-21)24-27-28-25(32-24)23-8-6-5-7-18(23)2/h5-16H,4,17H2,1-3H3. The van der Waals surface area contributed by atoms with Gasteiger partial charge >= 0.3 is 0 Å². The molecule has 4 aromatic rings. The molecule has 6 nitrogen and oxygen atoms in total. The fraction of sp³-hybridized carbons (Fsp3) is 0.192. The summed E-state index contributed by atoms with van der Waals surface area (Å²) in [5.74, 6) is 1.67. The molecule has 162 valence electrons. The normalized spacial score (nSPS) is 10.7. The molecule has 0 aliphatic heterocycles. The number of nitrogens with zero attached hydrogens (tertiary/aromatic N) is 3. The molecule has 0 unspecified atom stereocenters. The van der Waals surface area contributed by atoms with Gasteiger partial charge in [-0.3, -0.25) is 4.79 Å². The van der Waals surface area contributed by atoms with Crippen molar-refractivity contribution >= 4 is 5.91 Å². The average Bonchev–Trinajstić information content (AvgIpc) is 3.30. The van der Waals surface area contributed by atoms with Gasteiger partial charge in [0.2, 0.25) is 11.8 Å². The molecule has 0 aliphatic carbocycles. The molecule has 0 atom stereocenters. The monoisotopic (exact) mass is 427 g/mol. The number of benzene rings is 3. The summed E-state index contributed by atoms with van der Waals surface area (Å²) in [7, 11) is 1.79. The van der Waals surface area contributed by atoms with Gasteiger partial charge in [-0.1, -0.05) is 30.3 Å². The highest BCUT2D eigenvalue weighted by molar-refractivity contribution is 5.94. The highest BCUT2D eigenvalue weighted by Crippen LogP contribution is 2.26. The number of carbonyl (C=O) groups excluding carboxylic acids is 1. The zero-order chi connectivity index (χ0) is 22.5. The maximum atomic E-state index is 12.8. The Labute approximate surface area is 187 Å². The summed E-state index contributed by atoms with van der Waals surface area (Å²) in [5, 5.41) is 8.34. The Bertz CT molecular complexity index is 1200. The van der Waals surface area contributed by atoms with Crippen molar-refractivity contribution in [2.45, 2.75) is 20.4 Å². The van der Waals surface area contributed by atoms with E-state index >= 15 is 0 Å². The largest absolute Gasteiger partial charge is 0.494 e. The van der Waals surface area contributed by atoms with Crippen LogP contribution in [0, 0.1) is 6.92 Å². The number of ether oxygens (including phenoxy) is 1. The summed E-state index contributed by atoms with van der Waals surface area (Å²) in [6.45, 7) is 5.09. The number of aryl methyl sites for hydroxylation is 1. The Morgan fingerprint density at radius 2 is 1.62 bits per heavy atom. The summed E-state index contributed by atoms with van der Waals surface area (Å²) < 4.78 is 11.3. The van der Waals surface area contributed by atoms with Crippen LogP contribution in [0.1, 0.15) is 28.4 Å². The van der Waals surface area contributed by atoms with Crippen molar-refractivity contribution in [1.29, 1.82) is 0 Å². The predicted octanol–water partition coefficient (Wildman–Crippen LogP) is 5.38. The van der Waals surface area contributed by atoms with Crippen LogP contribution < -0.4 is 4.74 Å². The fourth-order valence-electron chi connectivity index (χ4n) is 3.44. The second-order valence-electron chi connectivity index (χ2n) is 7.54. The first-order valence-corrected chi connectivity index (χ1v) is 10.5. The summed E-state index contributed by atoms with van der Waals surface area (Å²) >= 11 is 0. The Morgan fingerprint density at radius 3 is 2.31 bits per heavy atom. The second-order valence-corrected chi connectivity index (χ2v) is 7.54. The number of aromatic nitrogens is 2. The average molecular weight is 428 g/mol. The molecule has 3 aromatic carbocycles. The van der Waals surface area contributed by atoms with Crippen molar-refractivity contribution in [2.24, 2.45) is 0 Å². The molecule has 0 fully saturated rings. The Kier molecular flexibility index (Phi) is 6.31. The van der Waals surface area contributed by atoms with Gasteiger partial charge in [0.15, 0.2) is 0 Å². The maximum Gasteiger partial charge on any atom is 0.253 e. The van der Waals surface area contributed by atoms with E-state index in [1.54, 1.807) is 24.1 Å². The van der Waals surface area contributed by atoms with Crippen molar-refractivity contribution in [3.63, 3.8) is 0 Å². The van der Waals surface area contributed by atoms with Gasteiger partial charge in [-0.2, -0.15) is 0 Å². The summed E-state index contributed by atoms with van der Waals surface area (Å²) in [6, 6.07) is 22.9. The quantitative estimate of drug-likeness (QED) is 0.396. The first-order chi connectivity index (χ1) is 15.5. The van der Waals surface area contributed by atoms with E-state index in [1.807, 2.05) is 74.5 Å². The smallest absolute Gasteiger partial charge is 0.253 e. The molecule has 0 aliphatic rings. The van der Waals surface area contributed by atoms with Crippen molar-refractivity contribution in [1.82, 2.24) is 15.1 Å². The van der Waals surface area contributed by atoms with Crippen LogP contribution in [-0.2, 0) is 6.54 Å². The SMILES string of the molecule is CCOc1ccc(CN(C)C(=O)c2ccc(-c3nnc(-c4ccccc4C)o3)cc2)cc1. The minimum atomic E-state index is -0.0587. The summed E-state index contributed by atoms with van der Waals surface area (Å²) in [6.07, 6.45) is 0. The Hall–Kier alpha value is -3.93. The molecule has 0 radical (unpaired) electrons.